The van der Waals surface area contributed by atoms with Crippen molar-refractivity contribution >= 4 is 23.5 Å². The van der Waals surface area contributed by atoms with E-state index >= 15 is 0 Å². The Hall–Kier alpha value is -1.92. The molecule has 4 rings (SSSR count). The number of halogens is 2. The quantitative estimate of drug-likeness (QED) is 0.855. The molecular formula is C16H13ClFNO4. The van der Waals surface area contributed by atoms with Crippen LogP contribution in [0.25, 0.3) is 0 Å². The molecule has 0 aliphatic carbocycles. The van der Waals surface area contributed by atoms with Crippen molar-refractivity contribution in [3.63, 3.8) is 0 Å². The average molecular weight is 338 g/mol. The first-order valence-electron chi connectivity index (χ1n) is 7.24. The molecule has 2 saturated heterocycles. The third kappa shape index (κ3) is 1.95. The summed E-state index contributed by atoms with van der Waals surface area (Å²) in [7, 11) is 0. The van der Waals surface area contributed by atoms with E-state index in [1.807, 2.05) is 0 Å². The van der Waals surface area contributed by atoms with Crippen molar-refractivity contribution in [2.75, 3.05) is 6.54 Å². The highest BCUT2D eigenvalue weighted by molar-refractivity contribution is 6.31. The zero-order valence-corrected chi connectivity index (χ0v) is 12.7. The summed E-state index contributed by atoms with van der Waals surface area (Å²) in [6.45, 7) is 0.203. The van der Waals surface area contributed by atoms with Gasteiger partial charge in [0.15, 0.2) is 0 Å². The second-order valence-electron chi connectivity index (χ2n) is 6.13. The molecule has 3 heterocycles. The number of benzene rings is 1. The van der Waals surface area contributed by atoms with Gasteiger partial charge in [-0.1, -0.05) is 29.8 Å². The maximum absolute atomic E-state index is 13.9. The molecule has 23 heavy (non-hydrogen) atoms. The Labute approximate surface area is 136 Å². The lowest BCUT2D eigenvalue weighted by molar-refractivity contribution is -0.148. The summed E-state index contributed by atoms with van der Waals surface area (Å²) in [4.78, 5) is 25.6. The lowest BCUT2D eigenvalue weighted by atomic mass is 9.77. The molecule has 120 valence electrons. The largest absolute Gasteiger partial charge is 0.481 e. The van der Waals surface area contributed by atoms with Crippen LogP contribution >= 0.6 is 11.6 Å². The molecule has 1 N–H and O–H groups in total. The van der Waals surface area contributed by atoms with Gasteiger partial charge in [-0.25, -0.2) is 4.39 Å². The molecule has 1 amide bonds. The number of hydrogen-bond donors (Lipinski definition) is 1. The molecule has 0 unspecified atom stereocenters. The summed E-state index contributed by atoms with van der Waals surface area (Å²) >= 11 is 6.01. The number of carbonyl (C=O) groups is 2. The van der Waals surface area contributed by atoms with E-state index in [1.54, 1.807) is 18.2 Å². The lowest BCUT2D eigenvalue weighted by Crippen LogP contribution is -2.39. The predicted molar refractivity (Wildman–Crippen MR) is 78.2 cm³/mol. The Morgan fingerprint density at radius 3 is 3.00 bits per heavy atom. The van der Waals surface area contributed by atoms with Crippen molar-refractivity contribution < 1.29 is 23.8 Å². The van der Waals surface area contributed by atoms with Gasteiger partial charge in [-0.05, 0) is 12.1 Å². The molecule has 0 aromatic heterocycles. The highest BCUT2D eigenvalue weighted by Crippen LogP contribution is 2.52. The number of nitrogens with zero attached hydrogens (tertiary/aromatic N) is 1. The van der Waals surface area contributed by atoms with Crippen molar-refractivity contribution in [2.24, 2.45) is 11.8 Å². The number of carbonyl (C=O) groups excluding carboxylic acids is 1. The monoisotopic (exact) mass is 337 g/mol. The minimum atomic E-state index is -1.05. The minimum Gasteiger partial charge on any atom is -0.481 e. The van der Waals surface area contributed by atoms with E-state index in [-0.39, 0.29) is 29.6 Å². The molecule has 1 aromatic carbocycles. The van der Waals surface area contributed by atoms with Crippen LogP contribution in [-0.2, 0) is 20.9 Å². The van der Waals surface area contributed by atoms with Crippen LogP contribution in [-0.4, -0.2) is 40.1 Å². The number of ether oxygens (including phenoxy) is 1. The third-order valence-electron chi connectivity index (χ3n) is 4.87. The van der Waals surface area contributed by atoms with E-state index in [2.05, 4.69) is 0 Å². The highest BCUT2D eigenvalue weighted by atomic mass is 35.5. The Balaban J connectivity index is 1.66. The van der Waals surface area contributed by atoms with E-state index in [9.17, 15) is 19.1 Å². The molecule has 0 saturated carbocycles. The smallest absolute Gasteiger partial charge is 0.310 e. The van der Waals surface area contributed by atoms with Gasteiger partial charge in [-0.15, -0.1) is 0 Å². The van der Waals surface area contributed by atoms with Crippen molar-refractivity contribution in [3.8, 4) is 0 Å². The summed E-state index contributed by atoms with van der Waals surface area (Å²) in [5, 5.41) is 9.63. The minimum absolute atomic E-state index is 0.00318. The first-order chi connectivity index (χ1) is 10.9. The van der Waals surface area contributed by atoms with Crippen LogP contribution in [0.2, 0.25) is 5.02 Å². The average Bonchev–Trinajstić information content (AvgIpc) is 3.12. The first-order valence-corrected chi connectivity index (χ1v) is 7.62. The fraction of sp³-hybridized carbons (Fsp3) is 0.375. The van der Waals surface area contributed by atoms with E-state index in [1.165, 1.54) is 17.0 Å². The molecule has 1 aromatic rings. The van der Waals surface area contributed by atoms with Gasteiger partial charge in [-0.2, -0.15) is 0 Å². The van der Waals surface area contributed by atoms with E-state index < -0.39 is 35.3 Å². The Morgan fingerprint density at radius 2 is 2.30 bits per heavy atom. The van der Waals surface area contributed by atoms with Gasteiger partial charge in [0.25, 0.3) is 0 Å². The zero-order chi connectivity index (χ0) is 16.4. The van der Waals surface area contributed by atoms with Gasteiger partial charge in [0.05, 0.1) is 25.1 Å². The van der Waals surface area contributed by atoms with Gasteiger partial charge < -0.3 is 14.7 Å². The van der Waals surface area contributed by atoms with Crippen LogP contribution in [0, 0.1) is 17.7 Å². The number of carboxylic acids is 1. The molecule has 1 spiro atoms. The van der Waals surface area contributed by atoms with E-state index in [0.717, 1.165) is 0 Å². The van der Waals surface area contributed by atoms with Gasteiger partial charge in [0, 0.05) is 10.6 Å². The number of rotatable bonds is 3. The van der Waals surface area contributed by atoms with E-state index in [0.29, 0.717) is 0 Å². The molecule has 3 aliphatic rings. The Bertz CT molecular complexity index is 731. The van der Waals surface area contributed by atoms with Crippen molar-refractivity contribution in [3.05, 3.63) is 46.8 Å². The van der Waals surface area contributed by atoms with E-state index in [4.69, 9.17) is 16.3 Å². The predicted octanol–water partition coefficient (Wildman–Crippen LogP) is 1.85. The standard InChI is InChI=1S/C16H13ClFNO4/c17-9-2-1-3-10(18)8(9)6-19-7-16-5-4-11(23-16)12(15(21)22)13(16)14(19)20/h1-5,11-13H,6-7H2,(H,21,22)/t11-,12-,13-,16+/m1/s1. The highest BCUT2D eigenvalue weighted by Gasteiger charge is 2.67. The topological polar surface area (TPSA) is 66.8 Å². The number of amides is 1. The fourth-order valence-electron chi connectivity index (χ4n) is 3.87. The molecule has 0 radical (unpaired) electrons. The zero-order valence-electron chi connectivity index (χ0n) is 11.9. The Morgan fingerprint density at radius 1 is 1.52 bits per heavy atom. The molecule has 4 atom stereocenters. The van der Waals surface area contributed by atoms with Crippen molar-refractivity contribution in [1.29, 1.82) is 0 Å². The third-order valence-corrected chi connectivity index (χ3v) is 5.23. The number of hydrogen-bond acceptors (Lipinski definition) is 3. The normalized spacial score (nSPS) is 34.3. The molecular weight excluding hydrogens is 325 g/mol. The van der Waals surface area contributed by atoms with Gasteiger partial charge in [-0.3, -0.25) is 9.59 Å². The van der Waals surface area contributed by atoms with Crippen LogP contribution in [0.5, 0.6) is 0 Å². The summed E-state index contributed by atoms with van der Waals surface area (Å²) in [5.74, 6) is -3.53. The number of likely N-dealkylation sites (tertiary alicyclic amines) is 1. The van der Waals surface area contributed by atoms with Crippen molar-refractivity contribution in [2.45, 2.75) is 18.2 Å². The second kappa shape index (κ2) is 4.79. The molecule has 7 heteroatoms. The maximum Gasteiger partial charge on any atom is 0.310 e. The Kier molecular flexibility index (Phi) is 3.05. The number of carboxylic acid groups (broad SMARTS) is 1. The summed E-state index contributed by atoms with van der Waals surface area (Å²) in [5.41, 5.74) is -0.688. The van der Waals surface area contributed by atoms with Crippen LogP contribution in [0.1, 0.15) is 5.56 Å². The van der Waals surface area contributed by atoms with Crippen LogP contribution < -0.4 is 0 Å². The maximum atomic E-state index is 13.9. The summed E-state index contributed by atoms with van der Waals surface area (Å²) in [6, 6.07) is 4.33. The first kappa shape index (κ1) is 14.7. The summed E-state index contributed by atoms with van der Waals surface area (Å²) < 4.78 is 19.7. The SMILES string of the molecule is O=C(O)[C@@H]1[C@H]2C=C[C@@]3(CN(Cc4c(F)cccc4Cl)C(=O)[C@@H]13)O2. The van der Waals surface area contributed by atoms with Gasteiger partial charge in [0.1, 0.15) is 17.3 Å². The summed E-state index contributed by atoms with van der Waals surface area (Å²) in [6.07, 6.45) is 2.89. The van der Waals surface area contributed by atoms with Crippen LogP contribution in [0.4, 0.5) is 4.39 Å². The molecule has 5 nitrogen and oxygen atoms in total. The van der Waals surface area contributed by atoms with Crippen LogP contribution in [0.3, 0.4) is 0 Å². The van der Waals surface area contributed by atoms with Crippen molar-refractivity contribution in [1.82, 2.24) is 4.90 Å². The molecule has 2 fully saturated rings. The number of fused-ring (bicyclic) bond motifs is 1. The van der Waals surface area contributed by atoms with Crippen LogP contribution in [0.15, 0.2) is 30.4 Å². The number of aliphatic carboxylic acids is 1. The van der Waals surface area contributed by atoms with Gasteiger partial charge in [0.2, 0.25) is 5.91 Å². The second-order valence-corrected chi connectivity index (χ2v) is 6.54. The fourth-order valence-corrected chi connectivity index (χ4v) is 4.09. The molecule has 3 aliphatic heterocycles. The van der Waals surface area contributed by atoms with Gasteiger partial charge >= 0.3 is 5.97 Å². The molecule has 2 bridgehead atoms. The lowest BCUT2D eigenvalue weighted by Gasteiger charge is -2.22.